The second-order valence-electron chi connectivity index (χ2n) is 4.81. The Kier molecular flexibility index (Phi) is 3.47. The van der Waals surface area contributed by atoms with Crippen LogP contribution >= 0.6 is 0 Å². The Balaban J connectivity index is 2.36. The zero-order valence-electron chi connectivity index (χ0n) is 11.3. The van der Waals surface area contributed by atoms with E-state index < -0.39 is 0 Å². The largest absolute Gasteiger partial charge is 0.0917 e. The molecule has 0 nitrogen and oxygen atoms in total. The first-order valence-electron chi connectivity index (χ1n) is 6.75. The van der Waals surface area contributed by atoms with Crippen LogP contribution in [0.5, 0.6) is 0 Å². The first kappa shape index (κ1) is 12.4. The van der Waals surface area contributed by atoms with Crippen molar-refractivity contribution in [3.63, 3.8) is 0 Å². The van der Waals surface area contributed by atoms with E-state index in [9.17, 15) is 0 Å². The number of rotatable bonds is 2. The highest BCUT2D eigenvalue weighted by molar-refractivity contribution is 5.79. The summed E-state index contributed by atoms with van der Waals surface area (Å²) < 4.78 is 0. The van der Waals surface area contributed by atoms with Crippen LogP contribution in [0.4, 0.5) is 0 Å². The highest BCUT2D eigenvalue weighted by Gasteiger charge is 2.04. The number of benzene rings is 3. The van der Waals surface area contributed by atoms with E-state index in [2.05, 4.69) is 73.3 Å². The van der Waals surface area contributed by atoms with E-state index in [1.165, 1.54) is 21.9 Å². The van der Waals surface area contributed by atoms with Gasteiger partial charge in [-0.05, 0) is 33.2 Å². The average molecular weight is 256 g/mol. The molecule has 0 heteroatoms. The third kappa shape index (κ3) is 2.55. The zero-order valence-corrected chi connectivity index (χ0v) is 11.3. The summed E-state index contributed by atoms with van der Waals surface area (Å²) in [6.45, 7) is 4.04. The molecule has 0 aliphatic heterocycles. The predicted octanol–water partition coefficient (Wildman–Crippen LogP) is 3.34. The molecule has 3 rings (SSSR count). The van der Waals surface area contributed by atoms with Crippen LogP contribution in [0.25, 0.3) is 12.2 Å². The molecule has 0 amide bonds. The van der Waals surface area contributed by atoms with E-state index >= 15 is 0 Å². The molecule has 0 aromatic heterocycles. The maximum absolute atomic E-state index is 4.04. The Morgan fingerprint density at radius 2 is 1.35 bits per heavy atom. The minimum atomic E-state index is 1.03. The fourth-order valence-corrected chi connectivity index (χ4v) is 2.44. The van der Waals surface area contributed by atoms with E-state index in [4.69, 9.17) is 0 Å². The van der Waals surface area contributed by atoms with E-state index in [-0.39, 0.29) is 0 Å². The summed E-state index contributed by atoms with van der Waals surface area (Å²) in [6.07, 6.45) is 0. The lowest BCUT2D eigenvalue weighted by atomic mass is 9.95. The van der Waals surface area contributed by atoms with Gasteiger partial charge in [-0.2, -0.15) is 0 Å². The van der Waals surface area contributed by atoms with Crippen molar-refractivity contribution >= 4 is 12.2 Å². The SMILES string of the molecule is C=c1[cH+]ccc(=C(c2ccccc2)c2ccccc2)[cH-]1. The lowest BCUT2D eigenvalue weighted by Crippen LogP contribution is -2.13. The normalized spacial score (nSPS) is 10.2. The van der Waals surface area contributed by atoms with Crippen molar-refractivity contribution in [1.29, 1.82) is 0 Å². The lowest BCUT2D eigenvalue weighted by Gasteiger charge is -2.08. The quantitative estimate of drug-likeness (QED) is 0.617. The van der Waals surface area contributed by atoms with Gasteiger partial charge in [-0.3, -0.25) is 0 Å². The molecule has 0 N–H and O–H groups in total. The first-order valence-corrected chi connectivity index (χ1v) is 6.75. The van der Waals surface area contributed by atoms with Gasteiger partial charge in [0.25, 0.3) is 0 Å². The van der Waals surface area contributed by atoms with Crippen molar-refractivity contribution in [3.8, 4) is 0 Å². The van der Waals surface area contributed by atoms with Crippen molar-refractivity contribution in [3.05, 3.63) is 106 Å². The van der Waals surface area contributed by atoms with Crippen molar-refractivity contribution in [2.45, 2.75) is 0 Å². The molecule has 0 atom stereocenters. The van der Waals surface area contributed by atoms with Crippen molar-refractivity contribution in [1.82, 2.24) is 0 Å². The van der Waals surface area contributed by atoms with Gasteiger partial charge in [-0.25, -0.2) is 0 Å². The average Bonchev–Trinajstić information content (AvgIpc) is 2.50. The smallest absolute Gasteiger partial charge is 0.00387 e. The molecule has 0 spiro atoms. The minimum Gasteiger partial charge on any atom is -0.0917 e. The van der Waals surface area contributed by atoms with Gasteiger partial charge in [0.15, 0.2) is 0 Å². The van der Waals surface area contributed by atoms with Gasteiger partial charge >= 0.3 is 0 Å². The second kappa shape index (κ2) is 5.58. The summed E-state index contributed by atoms with van der Waals surface area (Å²) in [6, 6.07) is 29.4. The Bertz CT molecular complexity index is 758. The molecule has 0 radical (unpaired) electrons. The number of hydrogen-bond acceptors (Lipinski definition) is 0. The van der Waals surface area contributed by atoms with Gasteiger partial charge < -0.3 is 0 Å². The molecule has 0 heterocycles. The summed E-state index contributed by atoms with van der Waals surface area (Å²) >= 11 is 0. The molecular formula is C20H16. The Labute approximate surface area is 119 Å². The third-order valence-electron chi connectivity index (χ3n) is 3.34. The monoisotopic (exact) mass is 256 g/mol. The highest BCUT2D eigenvalue weighted by atomic mass is 14.1. The molecule has 0 unspecified atom stereocenters. The molecule has 0 aliphatic rings. The fourth-order valence-electron chi connectivity index (χ4n) is 2.44. The standard InChI is InChI=1S/C20H16/c1-16-9-8-14-19(15-16)20(17-10-4-2-5-11-17)18-12-6-3-7-13-18/h2-15H,1H2. The maximum atomic E-state index is 4.04. The van der Waals surface area contributed by atoms with E-state index in [0.29, 0.717) is 0 Å². The van der Waals surface area contributed by atoms with Crippen LogP contribution < -0.4 is 10.4 Å². The molecule has 0 fully saturated rings. The Morgan fingerprint density at radius 3 is 1.85 bits per heavy atom. The topological polar surface area (TPSA) is 0 Å². The summed E-state index contributed by atoms with van der Waals surface area (Å²) in [5.41, 5.74) is 3.70. The molecule has 0 aliphatic carbocycles. The summed E-state index contributed by atoms with van der Waals surface area (Å²) in [5, 5.41) is 2.24. The van der Waals surface area contributed by atoms with Crippen LogP contribution in [0.1, 0.15) is 11.1 Å². The van der Waals surface area contributed by atoms with E-state index in [0.717, 1.165) is 5.22 Å². The summed E-state index contributed by atoms with van der Waals surface area (Å²) in [5.74, 6) is 0. The van der Waals surface area contributed by atoms with Crippen molar-refractivity contribution in [2.24, 2.45) is 0 Å². The summed E-state index contributed by atoms with van der Waals surface area (Å²) in [4.78, 5) is 0. The molecular weight excluding hydrogens is 240 g/mol. The molecule has 0 saturated carbocycles. The van der Waals surface area contributed by atoms with Crippen molar-refractivity contribution in [2.75, 3.05) is 0 Å². The minimum absolute atomic E-state index is 1.03. The molecule has 0 saturated heterocycles. The van der Waals surface area contributed by atoms with Crippen LogP contribution in [-0.4, -0.2) is 0 Å². The van der Waals surface area contributed by atoms with Crippen LogP contribution in [0.3, 0.4) is 0 Å². The molecule has 20 heavy (non-hydrogen) atoms. The molecule has 3 aromatic rings. The van der Waals surface area contributed by atoms with E-state index in [1.54, 1.807) is 0 Å². The lowest BCUT2D eigenvalue weighted by molar-refractivity contribution is 1.47. The first-order chi connectivity index (χ1) is 9.84. The van der Waals surface area contributed by atoms with Gasteiger partial charge in [0.05, 0.1) is 0 Å². The van der Waals surface area contributed by atoms with Crippen LogP contribution in [0.15, 0.2) is 84.9 Å². The molecule has 96 valence electrons. The van der Waals surface area contributed by atoms with Gasteiger partial charge in [0, 0.05) is 0 Å². The van der Waals surface area contributed by atoms with Crippen LogP contribution in [0.2, 0.25) is 0 Å². The van der Waals surface area contributed by atoms with Gasteiger partial charge in [0.1, 0.15) is 0 Å². The Hall–Kier alpha value is -2.60. The van der Waals surface area contributed by atoms with Crippen LogP contribution in [0, 0.1) is 0 Å². The molecule has 3 aromatic carbocycles. The predicted molar refractivity (Wildman–Crippen MR) is 85.7 cm³/mol. The van der Waals surface area contributed by atoms with Gasteiger partial charge in [0.2, 0.25) is 0 Å². The van der Waals surface area contributed by atoms with Gasteiger partial charge in [-0.1, -0.05) is 85.4 Å². The summed E-state index contributed by atoms with van der Waals surface area (Å²) in [7, 11) is 0. The third-order valence-corrected chi connectivity index (χ3v) is 3.34. The molecule has 0 bridgehead atoms. The Morgan fingerprint density at radius 1 is 0.800 bits per heavy atom. The zero-order chi connectivity index (χ0) is 13.8. The number of hydrogen-bond donors (Lipinski definition) is 0. The fraction of sp³-hybridized carbons (Fsp3) is 0. The van der Waals surface area contributed by atoms with Crippen LogP contribution in [-0.2, 0) is 0 Å². The second-order valence-corrected chi connectivity index (χ2v) is 4.81. The van der Waals surface area contributed by atoms with Gasteiger partial charge in [-0.15, -0.1) is 0 Å². The van der Waals surface area contributed by atoms with Crippen molar-refractivity contribution < 1.29 is 0 Å². The highest BCUT2D eigenvalue weighted by Crippen LogP contribution is 2.19. The maximum Gasteiger partial charge on any atom is -0.00387 e. The van der Waals surface area contributed by atoms with E-state index in [1.807, 2.05) is 18.2 Å².